The van der Waals surface area contributed by atoms with Crippen molar-refractivity contribution >= 4 is 121 Å². The standard InChI is InChI=1S/C27H30N6O2.C27H30N6O.C26H26N6O2.C22H31N7O/c1-3-24(20-7-5-4-6-8-20)33-25(35)17-21-18-28-27(30-26(21)33)29-22-9-11-23(12-10-22)32-15-13-31(14-16-32)19(2)34;1-3-25(21-7-5-4-6-8-21)33-14-13-22-19-28-27(30-26(22)33)29-23-9-11-24(12-10-23)32-17-15-31(16-18-32)20(2)34;1-2-23(19-7-4-3-5-8-19)32-24(33)15-20-17-28-26(30-25(20)32)29-21-9-6-10-22(16-21)34-14-13-31-12-11-27-18-31;1-5-17(6-2)29-20-19(27(4)22(29)30)15-23-21(25-20)24-16-7-9-18(10-8-16)28-13-11-26(3)12-14-28/h4-12,18,24H,3,13-17H2,1-2H3,(H,28,29,30);4-14,19,25H,3,15-18H2,1-2H3,(H,28,29,30);3-12,16-18,23H,2,13-15H2,1H3,(H,28,29,30);7-10,15,17H,5-6,11-14H2,1-4H3,(H,23,24,25). The SMILES string of the molecule is CCC(CC)n1c(=O)n(C)c2cnc(Nc3ccc(N4CCN(C)CC4)cc3)nc21.CCC(c1ccccc1)N1C(=O)Cc2cnc(Nc3ccc(N4CCN(C(C)=O)CC4)cc3)nc21.CCC(c1ccccc1)N1C(=O)Cc2cnc(Nc3cccc(OCCn4ccnc4)c3)nc21.CCC(c1ccccc1)n1ccc2cnc(Nc3ccc(N4CCN(C(C)=O)CC4)cc3)nc21. The topological polar surface area (TPSA) is 304 Å². The van der Waals surface area contributed by atoms with Gasteiger partial charge in [0.2, 0.25) is 47.4 Å². The number of nitrogens with zero attached hydrogens (tertiary/aromatic N) is 21. The summed E-state index contributed by atoms with van der Waals surface area (Å²) in [7, 11) is 3.94. The molecule has 7 aromatic heterocycles. The summed E-state index contributed by atoms with van der Waals surface area (Å²) < 4.78 is 13.5. The first-order valence-corrected chi connectivity index (χ1v) is 46.2. The van der Waals surface area contributed by atoms with Crippen LogP contribution in [0.4, 0.5) is 75.2 Å². The number of carbonyl (C=O) groups excluding carboxylic acids is 4. The van der Waals surface area contributed by atoms with Crippen molar-refractivity contribution in [2.75, 3.05) is 138 Å². The fourth-order valence-corrected chi connectivity index (χ4v) is 17.9. The molecule has 4 N–H and O–H groups in total. The highest BCUT2D eigenvalue weighted by atomic mass is 16.5. The van der Waals surface area contributed by atoms with E-state index in [0.29, 0.717) is 60.5 Å². The van der Waals surface area contributed by atoms with Gasteiger partial charge < -0.3 is 64.5 Å². The van der Waals surface area contributed by atoms with Crippen LogP contribution < -0.4 is 56.2 Å². The Morgan fingerprint density at radius 1 is 0.429 bits per heavy atom. The average Bonchev–Trinajstić information content (AvgIpc) is 1.62. The van der Waals surface area contributed by atoms with Gasteiger partial charge >= 0.3 is 5.69 Å². The number of ether oxygens (including phenoxy) is 1. The lowest BCUT2D eigenvalue weighted by Gasteiger charge is -2.35. The molecular formula is C102H117N25O6. The summed E-state index contributed by atoms with van der Waals surface area (Å²) in [5.74, 6) is 4.47. The number of hydrogen-bond donors (Lipinski definition) is 4. The molecule has 19 rings (SSSR count). The lowest BCUT2D eigenvalue weighted by Crippen LogP contribution is -2.48. The molecule has 0 saturated carbocycles. The highest BCUT2D eigenvalue weighted by Crippen LogP contribution is 2.40. The van der Waals surface area contributed by atoms with E-state index in [1.165, 1.54) is 11.3 Å². The number of likely N-dealkylation sites (N-methyl/N-ethyl adjacent to an activating group) is 1. The van der Waals surface area contributed by atoms with Gasteiger partial charge in [0, 0.05) is 205 Å². The van der Waals surface area contributed by atoms with Crippen molar-refractivity contribution in [3.8, 4) is 5.75 Å². The minimum absolute atomic E-state index is 0.0401. The van der Waals surface area contributed by atoms with Gasteiger partial charge in [0.25, 0.3) is 0 Å². The van der Waals surface area contributed by atoms with Crippen LogP contribution in [0.25, 0.3) is 22.2 Å². The number of piperazine rings is 3. The molecule has 133 heavy (non-hydrogen) atoms. The Bertz CT molecular complexity index is 6310. The Morgan fingerprint density at radius 2 is 0.857 bits per heavy atom. The van der Waals surface area contributed by atoms with E-state index in [1.54, 1.807) is 61.1 Å². The van der Waals surface area contributed by atoms with E-state index in [-0.39, 0.29) is 53.5 Å². The number of anilines is 13. The third-order valence-corrected chi connectivity index (χ3v) is 25.3. The van der Waals surface area contributed by atoms with Crippen LogP contribution in [-0.4, -0.2) is 194 Å². The fraction of sp³-hybridized carbons (Fsp3) is 0.333. The molecule has 5 aliphatic heterocycles. The molecule has 14 aromatic rings. The first-order valence-electron chi connectivity index (χ1n) is 46.2. The van der Waals surface area contributed by atoms with Crippen LogP contribution in [0.5, 0.6) is 5.75 Å². The number of aryl methyl sites for hydroxylation is 1. The number of hydrogen-bond acceptors (Lipinski definition) is 23. The minimum Gasteiger partial charge on any atom is -0.492 e. The monoisotopic (exact) mass is 1790 g/mol. The van der Waals surface area contributed by atoms with Crippen molar-refractivity contribution in [1.82, 2.24) is 77.8 Å². The summed E-state index contributed by atoms with van der Waals surface area (Å²) >= 11 is 0. The molecular weight excluding hydrogens is 1670 g/mol. The van der Waals surface area contributed by atoms with Crippen LogP contribution in [0.3, 0.4) is 0 Å². The van der Waals surface area contributed by atoms with E-state index in [2.05, 4.69) is 233 Å². The Kier molecular flexibility index (Phi) is 29.4. The molecule has 0 aliphatic carbocycles. The molecule has 4 amide bonds. The number of amides is 4. The Balaban J connectivity index is 0.000000129. The minimum atomic E-state index is -0.0649. The van der Waals surface area contributed by atoms with Crippen LogP contribution >= 0.6 is 0 Å². The van der Waals surface area contributed by atoms with Crippen LogP contribution in [0.2, 0.25) is 0 Å². The van der Waals surface area contributed by atoms with E-state index >= 15 is 0 Å². The number of carbonyl (C=O) groups is 4. The smallest absolute Gasteiger partial charge is 0.330 e. The highest BCUT2D eigenvalue weighted by molar-refractivity contribution is 6.02. The number of aromatic nitrogens is 13. The van der Waals surface area contributed by atoms with E-state index in [9.17, 15) is 24.0 Å². The molecule has 7 aromatic carbocycles. The zero-order valence-corrected chi connectivity index (χ0v) is 77.1. The zero-order valence-electron chi connectivity index (χ0n) is 77.1. The quantitative estimate of drug-likeness (QED) is 0.0372. The molecule has 3 atom stereocenters. The molecule has 3 saturated heterocycles. The van der Waals surface area contributed by atoms with Crippen LogP contribution in [0.1, 0.15) is 133 Å². The van der Waals surface area contributed by atoms with E-state index in [4.69, 9.17) is 24.7 Å². The summed E-state index contributed by atoms with van der Waals surface area (Å²) in [5.41, 5.74) is 14.6. The van der Waals surface area contributed by atoms with Gasteiger partial charge in [0.05, 0.1) is 50.0 Å². The first-order chi connectivity index (χ1) is 64.9. The molecule has 686 valence electrons. The summed E-state index contributed by atoms with van der Waals surface area (Å²) in [6.07, 6.45) is 19.6. The van der Waals surface area contributed by atoms with Gasteiger partial charge in [-0.3, -0.25) is 38.1 Å². The highest BCUT2D eigenvalue weighted by Gasteiger charge is 2.37. The Morgan fingerprint density at radius 3 is 1.30 bits per heavy atom. The van der Waals surface area contributed by atoms with Gasteiger partial charge in [-0.05, 0) is 147 Å². The lowest BCUT2D eigenvalue weighted by atomic mass is 10.0. The molecule has 0 radical (unpaired) electrons. The zero-order chi connectivity index (χ0) is 92.4. The summed E-state index contributed by atoms with van der Waals surface area (Å²) in [4.78, 5) is 119. The number of fused-ring (bicyclic) bond motifs is 4. The molecule has 31 nitrogen and oxygen atoms in total. The first kappa shape index (κ1) is 91.4. The second-order valence-electron chi connectivity index (χ2n) is 33.8. The summed E-state index contributed by atoms with van der Waals surface area (Å²) in [6.45, 7) is 25.7. The maximum absolute atomic E-state index is 12.9. The average molecular weight is 1790 g/mol. The Hall–Kier alpha value is -14.9. The van der Waals surface area contributed by atoms with Crippen molar-refractivity contribution in [2.24, 2.45) is 7.05 Å². The number of rotatable bonds is 27. The van der Waals surface area contributed by atoms with Crippen molar-refractivity contribution in [1.29, 1.82) is 0 Å². The molecule has 0 bridgehead atoms. The number of imidazole rings is 2. The number of nitrogens with one attached hydrogen (secondary N) is 4. The van der Waals surface area contributed by atoms with Gasteiger partial charge in [0.1, 0.15) is 35.2 Å². The molecule has 0 spiro atoms. The second kappa shape index (κ2) is 42.8. The van der Waals surface area contributed by atoms with Crippen LogP contribution in [-0.2, 0) is 45.6 Å². The largest absolute Gasteiger partial charge is 0.492 e. The van der Waals surface area contributed by atoms with Gasteiger partial charge in [-0.25, -0.2) is 29.7 Å². The van der Waals surface area contributed by atoms with E-state index in [0.717, 1.165) is 196 Å². The third-order valence-electron chi connectivity index (χ3n) is 25.3. The van der Waals surface area contributed by atoms with Crippen molar-refractivity contribution in [2.45, 2.75) is 124 Å². The van der Waals surface area contributed by atoms with Gasteiger partial charge in [-0.15, -0.1) is 0 Å². The maximum Gasteiger partial charge on any atom is 0.330 e. The lowest BCUT2D eigenvalue weighted by molar-refractivity contribution is -0.129. The van der Waals surface area contributed by atoms with E-state index in [1.807, 2.05) is 115 Å². The Labute approximate surface area is 775 Å². The molecule has 3 fully saturated rings. The van der Waals surface area contributed by atoms with Crippen molar-refractivity contribution in [3.63, 3.8) is 0 Å². The third kappa shape index (κ3) is 21.8. The van der Waals surface area contributed by atoms with Crippen molar-refractivity contribution in [3.05, 3.63) is 282 Å². The second-order valence-corrected chi connectivity index (χ2v) is 33.8. The maximum atomic E-state index is 12.9. The summed E-state index contributed by atoms with van der Waals surface area (Å²) in [6, 6.07) is 65.5. The predicted molar refractivity (Wildman–Crippen MR) is 525 cm³/mol. The van der Waals surface area contributed by atoms with Crippen molar-refractivity contribution < 1.29 is 23.9 Å². The van der Waals surface area contributed by atoms with Gasteiger partial charge in [-0.1, -0.05) is 132 Å². The van der Waals surface area contributed by atoms with Gasteiger partial charge in [-0.2, -0.15) is 19.9 Å². The molecule has 31 heteroatoms. The fourth-order valence-electron chi connectivity index (χ4n) is 17.9. The number of benzene rings is 7. The molecule has 5 aliphatic rings. The summed E-state index contributed by atoms with van der Waals surface area (Å²) in [5, 5.41) is 14.2. The van der Waals surface area contributed by atoms with Gasteiger partial charge in [0.15, 0.2) is 5.65 Å². The normalized spacial score (nSPS) is 15.0. The predicted octanol–water partition coefficient (Wildman–Crippen LogP) is 16.3. The molecule has 3 unspecified atom stereocenters. The van der Waals surface area contributed by atoms with Crippen LogP contribution in [0, 0.1) is 0 Å². The van der Waals surface area contributed by atoms with E-state index < -0.39 is 0 Å². The molecule has 12 heterocycles. The van der Waals surface area contributed by atoms with Crippen LogP contribution in [0.15, 0.2) is 249 Å².